The molecule has 9 heavy (non-hydrogen) atoms. The summed E-state index contributed by atoms with van der Waals surface area (Å²) in [4.78, 5) is 0. The van der Waals surface area contributed by atoms with Crippen LogP contribution in [0.15, 0.2) is 30.3 Å². The van der Waals surface area contributed by atoms with Crippen molar-refractivity contribution in [3.63, 3.8) is 0 Å². The number of hydrogen-bond donors (Lipinski definition) is 2. The Morgan fingerprint density at radius 2 is 1.67 bits per heavy atom. The molecule has 0 aromatic heterocycles. The molecule has 0 fully saturated rings. The lowest BCUT2D eigenvalue weighted by Crippen LogP contribution is -2.05. The van der Waals surface area contributed by atoms with Crippen molar-refractivity contribution >= 4 is 23.0 Å². The van der Waals surface area contributed by atoms with Crippen LogP contribution in [0.5, 0.6) is 0 Å². The van der Waals surface area contributed by atoms with Crippen LogP contribution >= 0.6 is 0 Å². The van der Waals surface area contributed by atoms with Crippen LogP contribution in [0.1, 0.15) is 0 Å². The van der Waals surface area contributed by atoms with Crippen LogP contribution in [-0.2, 0) is 0 Å². The van der Waals surface area contributed by atoms with Gasteiger partial charge in [0.15, 0.2) is 17.4 Å². The van der Waals surface area contributed by atoms with Crippen LogP contribution in [0.3, 0.4) is 0 Å². The molecule has 3 N–H and O–H groups in total. The van der Waals surface area contributed by atoms with E-state index in [4.69, 9.17) is 5.84 Å². The molecule has 0 bridgehead atoms. The molecule has 0 saturated carbocycles. The zero-order valence-electron chi connectivity index (χ0n) is 4.46. The van der Waals surface area contributed by atoms with Crippen molar-refractivity contribution in [3.05, 3.63) is 30.3 Å². The molecule has 0 spiro atoms. The van der Waals surface area contributed by atoms with Crippen molar-refractivity contribution < 1.29 is 0 Å². The second-order valence-electron chi connectivity index (χ2n) is 1.51. The Balaban J connectivity index is 0.000000640. The summed E-state index contributed by atoms with van der Waals surface area (Å²) in [6.45, 7) is 0. The Morgan fingerprint density at radius 3 is 2.00 bits per heavy atom. The first-order valence-corrected chi connectivity index (χ1v) is 2.45. The van der Waals surface area contributed by atoms with E-state index in [1.165, 1.54) is 0 Å². The highest BCUT2D eigenvalue weighted by atomic mass is 27.0. The van der Waals surface area contributed by atoms with Crippen molar-refractivity contribution in [1.29, 1.82) is 0 Å². The van der Waals surface area contributed by atoms with E-state index in [0.29, 0.717) is 0 Å². The number of nitrogen functional groups attached to an aromatic ring is 1. The molecule has 3 heteroatoms. The maximum absolute atomic E-state index is 5.10. The van der Waals surface area contributed by atoms with Gasteiger partial charge in [-0.2, -0.15) is 0 Å². The smallest absolute Gasteiger partial charge is 0.187 e. The highest BCUT2D eigenvalue weighted by molar-refractivity contribution is 5.75. The van der Waals surface area contributed by atoms with Gasteiger partial charge in [-0.15, -0.1) is 0 Å². The summed E-state index contributed by atoms with van der Waals surface area (Å²) in [6, 6.07) is 9.60. The number of hydrogen-bond acceptors (Lipinski definition) is 2. The second kappa shape index (κ2) is 4.40. The Morgan fingerprint density at radius 1 is 1.11 bits per heavy atom. The standard InChI is InChI=1S/C6H8N2.Al.3H/c7-8-6-4-2-1-3-5-6;;;;/h1-5,8H,7H2;;;;. The Hall–Kier alpha value is -0.488. The van der Waals surface area contributed by atoms with Gasteiger partial charge in [-0.1, -0.05) is 18.2 Å². The quantitative estimate of drug-likeness (QED) is 0.320. The summed E-state index contributed by atoms with van der Waals surface area (Å²) >= 11 is 0. The molecule has 0 unspecified atom stereocenters. The van der Waals surface area contributed by atoms with E-state index in [9.17, 15) is 0 Å². The number of nitrogens with one attached hydrogen (secondary N) is 1. The molecule has 0 saturated heterocycles. The normalized spacial score (nSPS) is 7.67. The minimum atomic E-state index is 0. The lowest BCUT2D eigenvalue weighted by Gasteiger charge is -1.94. The first-order chi connectivity index (χ1) is 3.93. The van der Waals surface area contributed by atoms with E-state index >= 15 is 0 Å². The zero-order valence-corrected chi connectivity index (χ0v) is 4.46. The molecule has 0 aliphatic heterocycles. The van der Waals surface area contributed by atoms with Crippen LogP contribution in [0.2, 0.25) is 0 Å². The minimum Gasteiger partial charge on any atom is -0.324 e. The van der Waals surface area contributed by atoms with Gasteiger partial charge in [0.1, 0.15) is 0 Å². The minimum absolute atomic E-state index is 0. The number of rotatable bonds is 1. The average Bonchev–Trinajstić information content (AvgIpc) is 1.90. The molecule has 48 valence electrons. The highest BCUT2D eigenvalue weighted by Gasteiger charge is 1.78. The summed E-state index contributed by atoms with van der Waals surface area (Å²) in [5.41, 5.74) is 3.46. The SMILES string of the molecule is NNc1ccccc1.[AlH3]. The van der Waals surface area contributed by atoms with Crippen molar-refractivity contribution in [3.8, 4) is 0 Å². The molecule has 2 nitrogen and oxygen atoms in total. The maximum Gasteiger partial charge on any atom is 0.187 e. The Kier molecular flexibility index (Phi) is 4.16. The average molecular weight is 138 g/mol. The fraction of sp³-hybridized carbons (Fsp3) is 0. The van der Waals surface area contributed by atoms with E-state index in [1.807, 2.05) is 30.3 Å². The summed E-state index contributed by atoms with van der Waals surface area (Å²) in [7, 11) is 0. The largest absolute Gasteiger partial charge is 0.324 e. The van der Waals surface area contributed by atoms with E-state index in [-0.39, 0.29) is 17.4 Å². The number of nitrogens with two attached hydrogens (primary N) is 1. The molecule has 0 atom stereocenters. The lowest BCUT2D eigenvalue weighted by molar-refractivity contribution is 1.35. The van der Waals surface area contributed by atoms with E-state index in [0.717, 1.165) is 5.69 Å². The summed E-state index contributed by atoms with van der Waals surface area (Å²) in [5.74, 6) is 5.10. The monoisotopic (exact) mass is 138 g/mol. The number of anilines is 1. The molecule has 0 heterocycles. The van der Waals surface area contributed by atoms with Crippen LogP contribution in [-0.4, -0.2) is 17.4 Å². The Bertz CT molecular complexity index is 152. The molecule has 1 rings (SSSR count). The second-order valence-corrected chi connectivity index (χ2v) is 1.51. The van der Waals surface area contributed by atoms with Gasteiger partial charge < -0.3 is 5.43 Å². The van der Waals surface area contributed by atoms with Crippen LogP contribution in [0.25, 0.3) is 0 Å². The molecule has 0 radical (unpaired) electrons. The summed E-state index contributed by atoms with van der Waals surface area (Å²) in [6.07, 6.45) is 0. The van der Waals surface area contributed by atoms with E-state index < -0.39 is 0 Å². The zero-order chi connectivity index (χ0) is 5.82. The van der Waals surface area contributed by atoms with Crippen molar-refractivity contribution in [2.45, 2.75) is 0 Å². The van der Waals surface area contributed by atoms with Gasteiger partial charge >= 0.3 is 0 Å². The number of hydrazine groups is 1. The van der Waals surface area contributed by atoms with Gasteiger partial charge in [-0.25, -0.2) is 0 Å². The summed E-state index contributed by atoms with van der Waals surface area (Å²) < 4.78 is 0. The summed E-state index contributed by atoms with van der Waals surface area (Å²) in [5, 5.41) is 0. The number of benzene rings is 1. The first-order valence-electron chi connectivity index (χ1n) is 2.45. The molecule has 1 aromatic carbocycles. The van der Waals surface area contributed by atoms with Gasteiger partial charge in [0.25, 0.3) is 0 Å². The maximum atomic E-state index is 5.10. The molecule has 1 aromatic rings. The van der Waals surface area contributed by atoms with E-state index in [1.54, 1.807) is 0 Å². The fourth-order valence-electron chi connectivity index (χ4n) is 0.534. The van der Waals surface area contributed by atoms with Crippen molar-refractivity contribution in [2.24, 2.45) is 5.84 Å². The van der Waals surface area contributed by atoms with E-state index in [2.05, 4.69) is 5.43 Å². The third-order valence-corrected chi connectivity index (χ3v) is 0.940. The van der Waals surface area contributed by atoms with Gasteiger partial charge in [0.2, 0.25) is 0 Å². The molecule has 0 amide bonds. The molecule has 0 aliphatic rings. The van der Waals surface area contributed by atoms with Gasteiger partial charge in [0.05, 0.1) is 0 Å². The Labute approximate surface area is 65.2 Å². The fourth-order valence-corrected chi connectivity index (χ4v) is 0.534. The van der Waals surface area contributed by atoms with Gasteiger partial charge in [0, 0.05) is 5.69 Å². The highest BCUT2D eigenvalue weighted by Crippen LogP contribution is 2.00. The number of para-hydroxylation sites is 1. The van der Waals surface area contributed by atoms with Gasteiger partial charge in [-0.05, 0) is 12.1 Å². The molecular formula is C6H11AlN2. The molecular weight excluding hydrogens is 127 g/mol. The third kappa shape index (κ3) is 2.52. The lowest BCUT2D eigenvalue weighted by atomic mass is 10.3. The predicted molar refractivity (Wildman–Crippen MR) is 44.2 cm³/mol. The topological polar surface area (TPSA) is 38.0 Å². The van der Waals surface area contributed by atoms with Crippen LogP contribution in [0, 0.1) is 0 Å². The van der Waals surface area contributed by atoms with Crippen LogP contribution < -0.4 is 11.3 Å². The van der Waals surface area contributed by atoms with Crippen molar-refractivity contribution in [2.75, 3.05) is 5.43 Å². The van der Waals surface area contributed by atoms with Crippen LogP contribution in [0.4, 0.5) is 5.69 Å². The molecule has 0 aliphatic carbocycles. The first kappa shape index (κ1) is 8.51. The third-order valence-electron chi connectivity index (χ3n) is 0.940. The predicted octanol–water partition coefficient (Wildman–Crippen LogP) is -0.212. The van der Waals surface area contributed by atoms with Crippen molar-refractivity contribution in [1.82, 2.24) is 0 Å². The van der Waals surface area contributed by atoms with Gasteiger partial charge in [-0.3, -0.25) is 5.84 Å².